The Bertz CT molecular complexity index is 726. The molecule has 134 valence electrons. The van der Waals surface area contributed by atoms with E-state index in [2.05, 4.69) is 29.6 Å². The summed E-state index contributed by atoms with van der Waals surface area (Å²) in [5.41, 5.74) is 1.10. The molecule has 2 N–H and O–H groups in total. The molecule has 0 bridgehead atoms. The second-order valence-electron chi connectivity index (χ2n) is 6.75. The average molecular weight is 342 g/mol. The van der Waals surface area contributed by atoms with Gasteiger partial charge in [0.15, 0.2) is 0 Å². The predicted octanol–water partition coefficient (Wildman–Crippen LogP) is 3.08. The van der Waals surface area contributed by atoms with Gasteiger partial charge in [0.05, 0.1) is 31.4 Å². The summed E-state index contributed by atoms with van der Waals surface area (Å²) in [5, 5.41) is 15.1. The van der Waals surface area contributed by atoms with Crippen molar-refractivity contribution in [3.05, 3.63) is 48.0 Å². The standard InChI is InChI=1S/C20H26N2O3/c1-14(23)12-17-13-25-11-10-22(17)20(24)21-15(2)18-9-5-7-16-6-3-4-8-19(16)18/h3-9,14-15,17,23H,10-13H2,1-2H3,(H,21,24). The third kappa shape index (κ3) is 4.11. The fourth-order valence-electron chi connectivity index (χ4n) is 3.49. The number of nitrogens with one attached hydrogen (secondary N) is 1. The number of ether oxygens (including phenoxy) is 1. The number of carbonyl (C=O) groups excluding carboxylic acids is 1. The topological polar surface area (TPSA) is 61.8 Å². The summed E-state index contributed by atoms with van der Waals surface area (Å²) in [5.74, 6) is 0. The molecule has 2 aromatic carbocycles. The summed E-state index contributed by atoms with van der Waals surface area (Å²) in [6.45, 7) is 5.30. The van der Waals surface area contributed by atoms with Gasteiger partial charge in [-0.05, 0) is 36.6 Å². The molecule has 3 rings (SSSR count). The maximum Gasteiger partial charge on any atom is 0.318 e. The molecule has 0 radical (unpaired) electrons. The molecule has 1 aliphatic rings. The number of nitrogens with zero attached hydrogens (tertiary/aromatic N) is 1. The summed E-state index contributed by atoms with van der Waals surface area (Å²) in [6, 6.07) is 14.0. The molecule has 0 aromatic heterocycles. The second-order valence-corrected chi connectivity index (χ2v) is 6.75. The van der Waals surface area contributed by atoms with Gasteiger partial charge in [0.25, 0.3) is 0 Å². The molecule has 2 amide bonds. The van der Waals surface area contributed by atoms with E-state index in [-0.39, 0.29) is 18.1 Å². The summed E-state index contributed by atoms with van der Waals surface area (Å²) in [6.07, 6.45) is 0.0632. The zero-order valence-electron chi connectivity index (χ0n) is 14.8. The number of fused-ring (bicyclic) bond motifs is 1. The highest BCUT2D eigenvalue weighted by molar-refractivity contribution is 5.86. The Labute approximate surface area is 148 Å². The van der Waals surface area contributed by atoms with Crippen LogP contribution in [0.4, 0.5) is 4.79 Å². The van der Waals surface area contributed by atoms with E-state index >= 15 is 0 Å². The van der Waals surface area contributed by atoms with Crippen LogP contribution in [0.2, 0.25) is 0 Å². The van der Waals surface area contributed by atoms with Crippen molar-refractivity contribution in [3.63, 3.8) is 0 Å². The first-order valence-electron chi connectivity index (χ1n) is 8.87. The van der Waals surface area contributed by atoms with E-state index in [0.29, 0.717) is 26.2 Å². The maximum absolute atomic E-state index is 12.8. The number of hydrogen-bond acceptors (Lipinski definition) is 3. The van der Waals surface area contributed by atoms with Crippen molar-refractivity contribution in [1.82, 2.24) is 10.2 Å². The maximum atomic E-state index is 12.8. The van der Waals surface area contributed by atoms with Gasteiger partial charge in [0, 0.05) is 6.54 Å². The minimum absolute atomic E-state index is 0.0894. The van der Waals surface area contributed by atoms with Crippen molar-refractivity contribution in [3.8, 4) is 0 Å². The van der Waals surface area contributed by atoms with Crippen molar-refractivity contribution in [2.24, 2.45) is 0 Å². The number of morpholine rings is 1. The molecule has 1 heterocycles. The number of carbonyl (C=O) groups is 1. The van der Waals surface area contributed by atoms with Crippen molar-refractivity contribution >= 4 is 16.8 Å². The molecule has 0 spiro atoms. The zero-order valence-corrected chi connectivity index (χ0v) is 14.8. The molecule has 5 heteroatoms. The van der Waals surface area contributed by atoms with Gasteiger partial charge in [-0.3, -0.25) is 0 Å². The summed E-state index contributed by atoms with van der Waals surface area (Å²) in [4.78, 5) is 14.6. The molecule has 0 saturated carbocycles. The molecule has 1 fully saturated rings. The lowest BCUT2D eigenvalue weighted by molar-refractivity contribution is -0.00473. The van der Waals surface area contributed by atoms with Crippen LogP contribution in [0, 0.1) is 0 Å². The zero-order chi connectivity index (χ0) is 17.8. The molecular weight excluding hydrogens is 316 g/mol. The van der Waals surface area contributed by atoms with Crippen LogP contribution in [0.15, 0.2) is 42.5 Å². The van der Waals surface area contributed by atoms with Crippen LogP contribution in [-0.4, -0.2) is 47.9 Å². The number of aliphatic hydroxyl groups is 1. The molecular formula is C20H26N2O3. The first-order valence-corrected chi connectivity index (χ1v) is 8.87. The van der Waals surface area contributed by atoms with Gasteiger partial charge in [0.2, 0.25) is 0 Å². The van der Waals surface area contributed by atoms with E-state index < -0.39 is 6.10 Å². The summed E-state index contributed by atoms with van der Waals surface area (Å²) >= 11 is 0. The SMILES string of the molecule is CC(O)CC1COCCN1C(=O)NC(C)c1cccc2ccccc12. The first kappa shape index (κ1) is 17.7. The predicted molar refractivity (Wildman–Crippen MR) is 98.5 cm³/mol. The van der Waals surface area contributed by atoms with Gasteiger partial charge in [-0.2, -0.15) is 0 Å². The second kappa shape index (κ2) is 7.85. The number of aliphatic hydroxyl groups excluding tert-OH is 1. The van der Waals surface area contributed by atoms with Gasteiger partial charge >= 0.3 is 6.03 Å². The fourth-order valence-corrected chi connectivity index (χ4v) is 3.49. The van der Waals surface area contributed by atoms with Crippen molar-refractivity contribution < 1.29 is 14.6 Å². The smallest absolute Gasteiger partial charge is 0.318 e. The van der Waals surface area contributed by atoms with Crippen LogP contribution in [0.5, 0.6) is 0 Å². The Morgan fingerprint density at radius 3 is 2.84 bits per heavy atom. The van der Waals surface area contributed by atoms with Crippen molar-refractivity contribution in [2.45, 2.75) is 38.5 Å². The Kier molecular flexibility index (Phi) is 5.56. The lowest BCUT2D eigenvalue weighted by Crippen LogP contribution is -2.53. The molecule has 5 nitrogen and oxygen atoms in total. The lowest BCUT2D eigenvalue weighted by atomic mass is 10.00. The normalized spacial score (nSPS) is 20.3. The highest BCUT2D eigenvalue weighted by Crippen LogP contribution is 2.24. The van der Waals surface area contributed by atoms with Gasteiger partial charge in [-0.1, -0.05) is 42.5 Å². The largest absolute Gasteiger partial charge is 0.393 e. The number of amides is 2. The molecule has 0 aliphatic carbocycles. The van der Waals surface area contributed by atoms with Gasteiger partial charge in [-0.25, -0.2) is 4.79 Å². The van der Waals surface area contributed by atoms with Gasteiger partial charge in [-0.15, -0.1) is 0 Å². The Hall–Kier alpha value is -2.11. The molecule has 1 aliphatic heterocycles. The van der Waals surface area contributed by atoms with Crippen molar-refractivity contribution in [1.29, 1.82) is 0 Å². The summed E-state index contributed by atoms with van der Waals surface area (Å²) in [7, 11) is 0. The molecule has 1 saturated heterocycles. The number of benzene rings is 2. The number of hydrogen-bond donors (Lipinski definition) is 2. The third-order valence-electron chi connectivity index (χ3n) is 4.73. The highest BCUT2D eigenvalue weighted by Gasteiger charge is 2.29. The van der Waals surface area contributed by atoms with Crippen LogP contribution < -0.4 is 5.32 Å². The van der Waals surface area contributed by atoms with Crippen LogP contribution in [0.1, 0.15) is 31.9 Å². The Morgan fingerprint density at radius 1 is 1.28 bits per heavy atom. The molecule has 3 unspecified atom stereocenters. The van der Waals surface area contributed by atoms with Crippen LogP contribution in [0.3, 0.4) is 0 Å². The Balaban J connectivity index is 1.75. The van der Waals surface area contributed by atoms with Gasteiger partial charge < -0.3 is 20.1 Å². The van der Waals surface area contributed by atoms with Crippen LogP contribution in [0.25, 0.3) is 10.8 Å². The van der Waals surface area contributed by atoms with E-state index in [4.69, 9.17) is 4.74 Å². The van der Waals surface area contributed by atoms with Crippen molar-refractivity contribution in [2.75, 3.05) is 19.8 Å². The molecule has 3 atom stereocenters. The highest BCUT2D eigenvalue weighted by atomic mass is 16.5. The number of rotatable bonds is 4. The summed E-state index contributed by atoms with van der Waals surface area (Å²) < 4.78 is 5.48. The first-order chi connectivity index (χ1) is 12.1. The van der Waals surface area contributed by atoms with Crippen LogP contribution in [-0.2, 0) is 4.74 Å². The Morgan fingerprint density at radius 2 is 2.04 bits per heavy atom. The minimum atomic E-state index is -0.461. The van der Waals surface area contributed by atoms with E-state index in [0.717, 1.165) is 10.9 Å². The van der Waals surface area contributed by atoms with E-state index in [1.54, 1.807) is 11.8 Å². The molecule has 25 heavy (non-hydrogen) atoms. The third-order valence-corrected chi connectivity index (χ3v) is 4.73. The average Bonchev–Trinajstić information content (AvgIpc) is 2.61. The quantitative estimate of drug-likeness (QED) is 0.897. The van der Waals surface area contributed by atoms with E-state index in [1.165, 1.54) is 5.39 Å². The lowest BCUT2D eigenvalue weighted by Gasteiger charge is -2.37. The molecule has 2 aromatic rings. The van der Waals surface area contributed by atoms with E-state index in [1.807, 2.05) is 25.1 Å². The fraction of sp³-hybridized carbons (Fsp3) is 0.450. The minimum Gasteiger partial charge on any atom is -0.393 e. The van der Waals surface area contributed by atoms with Crippen LogP contribution >= 0.6 is 0 Å². The van der Waals surface area contributed by atoms with E-state index in [9.17, 15) is 9.90 Å². The monoisotopic (exact) mass is 342 g/mol. The number of urea groups is 1. The van der Waals surface area contributed by atoms with Gasteiger partial charge in [0.1, 0.15) is 0 Å².